The molecule has 100 valence electrons. The van der Waals surface area contributed by atoms with Crippen molar-refractivity contribution in [1.82, 2.24) is 19.5 Å². The molecule has 1 aliphatic rings. The second kappa shape index (κ2) is 4.47. The highest BCUT2D eigenvalue weighted by Crippen LogP contribution is 2.18. The van der Waals surface area contributed by atoms with E-state index in [0.717, 1.165) is 17.8 Å². The van der Waals surface area contributed by atoms with Crippen molar-refractivity contribution in [1.29, 1.82) is 0 Å². The van der Waals surface area contributed by atoms with Gasteiger partial charge in [-0.05, 0) is 12.1 Å². The Hall–Kier alpha value is -2.22. The molecule has 8 heteroatoms. The molecule has 0 aliphatic carbocycles. The first kappa shape index (κ1) is 11.8. The maximum atomic E-state index is 10.7. The van der Waals surface area contributed by atoms with Gasteiger partial charge in [0.2, 0.25) is 6.04 Å². The van der Waals surface area contributed by atoms with Gasteiger partial charge in [0, 0.05) is 24.4 Å². The van der Waals surface area contributed by atoms with Gasteiger partial charge in [-0.1, -0.05) is 0 Å². The van der Waals surface area contributed by atoms with E-state index in [0.29, 0.717) is 25.3 Å². The van der Waals surface area contributed by atoms with Crippen LogP contribution in [-0.2, 0) is 6.54 Å². The zero-order valence-electron chi connectivity index (χ0n) is 10.3. The van der Waals surface area contributed by atoms with Crippen LogP contribution in [0.3, 0.4) is 0 Å². The average Bonchev–Trinajstić information content (AvgIpc) is 2.98. The third kappa shape index (κ3) is 2.10. The minimum absolute atomic E-state index is 0.198. The summed E-state index contributed by atoms with van der Waals surface area (Å²) in [5.74, 6) is 0.436. The molecule has 2 aromatic rings. The van der Waals surface area contributed by atoms with E-state index in [4.69, 9.17) is 5.73 Å². The number of anilines is 1. The highest BCUT2D eigenvalue weighted by molar-refractivity contribution is 5.65. The molecule has 0 spiro atoms. The molecule has 1 saturated heterocycles. The Morgan fingerprint density at radius 3 is 3.11 bits per heavy atom. The zero-order valence-corrected chi connectivity index (χ0v) is 10.3. The summed E-state index contributed by atoms with van der Waals surface area (Å²) in [7, 11) is 0. The van der Waals surface area contributed by atoms with Gasteiger partial charge in [-0.2, -0.15) is 5.10 Å². The Labute approximate surface area is 109 Å². The summed E-state index contributed by atoms with van der Waals surface area (Å²) >= 11 is 0. The molecular formula is C11H14N6O2. The number of nitrogen functional groups attached to an aromatic ring is 1. The largest absolute Gasteiger partial charge is 0.382 e. The lowest BCUT2D eigenvalue weighted by atomic mass is 10.3. The lowest BCUT2D eigenvalue weighted by molar-refractivity contribution is -0.518. The predicted octanol–water partition coefficient (Wildman–Crippen LogP) is 0.163. The second-order valence-electron chi connectivity index (χ2n) is 4.73. The van der Waals surface area contributed by atoms with Gasteiger partial charge in [-0.15, -0.1) is 0 Å². The minimum atomic E-state index is -0.453. The van der Waals surface area contributed by atoms with E-state index in [1.807, 2.05) is 12.1 Å². The Balaban J connectivity index is 1.79. The van der Waals surface area contributed by atoms with E-state index in [1.165, 1.54) is 6.33 Å². The van der Waals surface area contributed by atoms with E-state index in [2.05, 4.69) is 15.0 Å². The van der Waals surface area contributed by atoms with E-state index in [9.17, 15) is 10.1 Å². The maximum Gasteiger partial charge on any atom is 0.226 e. The van der Waals surface area contributed by atoms with Crippen molar-refractivity contribution in [2.24, 2.45) is 0 Å². The SMILES string of the molecule is Nc1ncnn2c(CN3CCC([N+](=O)[O-])C3)ccc12. The smallest absolute Gasteiger partial charge is 0.226 e. The number of hydrogen-bond acceptors (Lipinski definition) is 6. The van der Waals surface area contributed by atoms with Crippen molar-refractivity contribution in [3.05, 3.63) is 34.3 Å². The molecule has 8 nitrogen and oxygen atoms in total. The van der Waals surface area contributed by atoms with Crippen molar-refractivity contribution in [2.45, 2.75) is 19.0 Å². The van der Waals surface area contributed by atoms with Crippen LogP contribution in [0.25, 0.3) is 5.52 Å². The molecule has 2 N–H and O–H groups in total. The summed E-state index contributed by atoms with van der Waals surface area (Å²) < 4.78 is 1.74. The fourth-order valence-corrected chi connectivity index (χ4v) is 2.48. The molecule has 19 heavy (non-hydrogen) atoms. The van der Waals surface area contributed by atoms with Gasteiger partial charge in [-0.25, -0.2) is 9.50 Å². The summed E-state index contributed by atoms with van der Waals surface area (Å²) in [5.41, 5.74) is 7.50. The first-order valence-corrected chi connectivity index (χ1v) is 6.08. The molecule has 1 fully saturated rings. The third-order valence-electron chi connectivity index (χ3n) is 3.49. The lowest BCUT2D eigenvalue weighted by Crippen LogP contribution is -2.26. The zero-order chi connectivity index (χ0) is 13.4. The van der Waals surface area contributed by atoms with Crippen LogP contribution in [0, 0.1) is 10.1 Å². The van der Waals surface area contributed by atoms with Crippen LogP contribution in [0.4, 0.5) is 5.82 Å². The van der Waals surface area contributed by atoms with Crippen LogP contribution in [0.2, 0.25) is 0 Å². The van der Waals surface area contributed by atoms with Gasteiger partial charge < -0.3 is 5.73 Å². The van der Waals surface area contributed by atoms with Crippen LogP contribution in [0.5, 0.6) is 0 Å². The molecule has 0 radical (unpaired) electrons. The van der Waals surface area contributed by atoms with Crippen molar-refractivity contribution >= 4 is 11.3 Å². The number of nitrogens with zero attached hydrogens (tertiary/aromatic N) is 5. The first-order chi connectivity index (χ1) is 9.15. The molecule has 1 aliphatic heterocycles. The minimum Gasteiger partial charge on any atom is -0.382 e. The first-order valence-electron chi connectivity index (χ1n) is 6.08. The molecule has 0 bridgehead atoms. The number of nitrogens with two attached hydrogens (primary N) is 1. The van der Waals surface area contributed by atoms with Gasteiger partial charge >= 0.3 is 0 Å². The Morgan fingerprint density at radius 1 is 1.53 bits per heavy atom. The van der Waals surface area contributed by atoms with Crippen LogP contribution in [0.15, 0.2) is 18.5 Å². The normalized spacial score (nSPS) is 20.1. The molecule has 3 heterocycles. The number of hydrogen-bond donors (Lipinski definition) is 1. The van der Waals surface area contributed by atoms with Crippen molar-refractivity contribution in [3.8, 4) is 0 Å². The number of aromatic nitrogens is 3. The molecular weight excluding hydrogens is 248 g/mol. The number of likely N-dealkylation sites (tertiary alicyclic amines) is 1. The van der Waals surface area contributed by atoms with Gasteiger partial charge in [0.15, 0.2) is 5.82 Å². The van der Waals surface area contributed by atoms with Crippen molar-refractivity contribution in [2.75, 3.05) is 18.8 Å². The summed E-state index contributed by atoms with van der Waals surface area (Å²) in [6.45, 7) is 1.86. The quantitative estimate of drug-likeness (QED) is 0.624. The van der Waals surface area contributed by atoms with Gasteiger partial charge in [0.1, 0.15) is 11.8 Å². The van der Waals surface area contributed by atoms with Gasteiger partial charge in [0.25, 0.3) is 0 Å². The molecule has 0 amide bonds. The molecule has 0 aromatic carbocycles. The van der Waals surface area contributed by atoms with E-state index < -0.39 is 6.04 Å². The summed E-state index contributed by atoms with van der Waals surface area (Å²) in [6.07, 6.45) is 2.02. The summed E-state index contributed by atoms with van der Waals surface area (Å²) in [4.78, 5) is 16.5. The lowest BCUT2D eigenvalue weighted by Gasteiger charge is -2.13. The van der Waals surface area contributed by atoms with Crippen molar-refractivity contribution < 1.29 is 4.92 Å². The highest BCUT2D eigenvalue weighted by Gasteiger charge is 2.31. The average molecular weight is 262 g/mol. The molecule has 2 aromatic heterocycles. The maximum absolute atomic E-state index is 10.7. The highest BCUT2D eigenvalue weighted by atomic mass is 16.6. The molecule has 3 rings (SSSR count). The third-order valence-corrected chi connectivity index (χ3v) is 3.49. The molecule has 1 atom stereocenters. The fraction of sp³-hybridized carbons (Fsp3) is 0.455. The Bertz CT molecular complexity index is 625. The van der Waals surface area contributed by atoms with Gasteiger partial charge in [-0.3, -0.25) is 15.0 Å². The predicted molar refractivity (Wildman–Crippen MR) is 68.1 cm³/mol. The van der Waals surface area contributed by atoms with Crippen LogP contribution in [-0.4, -0.2) is 43.6 Å². The summed E-state index contributed by atoms with van der Waals surface area (Å²) in [5, 5.41) is 14.9. The van der Waals surface area contributed by atoms with E-state index in [-0.39, 0.29) is 4.92 Å². The van der Waals surface area contributed by atoms with E-state index in [1.54, 1.807) is 4.52 Å². The topological polar surface area (TPSA) is 103 Å². The van der Waals surface area contributed by atoms with Crippen LogP contribution >= 0.6 is 0 Å². The Morgan fingerprint density at radius 2 is 2.37 bits per heavy atom. The van der Waals surface area contributed by atoms with Crippen LogP contribution in [0.1, 0.15) is 12.1 Å². The van der Waals surface area contributed by atoms with Crippen molar-refractivity contribution in [3.63, 3.8) is 0 Å². The monoisotopic (exact) mass is 262 g/mol. The van der Waals surface area contributed by atoms with E-state index >= 15 is 0 Å². The van der Waals surface area contributed by atoms with Crippen LogP contribution < -0.4 is 5.73 Å². The standard InChI is InChI=1S/C11H14N6O2/c12-11-10-2-1-8(16(10)14-7-13-11)5-15-4-3-9(6-15)17(18)19/h1-2,7,9H,3-6H2,(H2,12,13,14). The molecule has 0 saturated carbocycles. The summed E-state index contributed by atoms with van der Waals surface area (Å²) in [6, 6.07) is 3.34. The number of rotatable bonds is 3. The Kier molecular flexibility index (Phi) is 2.79. The fourth-order valence-electron chi connectivity index (χ4n) is 2.48. The molecule has 1 unspecified atom stereocenters. The number of nitro groups is 1. The number of fused-ring (bicyclic) bond motifs is 1. The second-order valence-corrected chi connectivity index (χ2v) is 4.73. The van der Waals surface area contributed by atoms with Gasteiger partial charge in [0.05, 0.1) is 12.2 Å².